The summed E-state index contributed by atoms with van der Waals surface area (Å²) < 4.78 is 4.96. The Bertz CT molecular complexity index is 464. The minimum atomic E-state index is -0.230. The van der Waals surface area contributed by atoms with E-state index in [2.05, 4.69) is 43.4 Å². The van der Waals surface area contributed by atoms with E-state index in [0.29, 0.717) is 0 Å². The van der Waals surface area contributed by atoms with Gasteiger partial charge in [0.25, 0.3) is 0 Å². The van der Waals surface area contributed by atoms with Crippen LogP contribution in [0.5, 0.6) is 0 Å². The first-order chi connectivity index (χ1) is 9.67. The molecule has 3 unspecified atom stereocenters. The SMILES string of the molecule is CCC(C)C(NC1CCSc2ccccc21)C(=O)OC. The molecule has 1 aliphatic rings. The summed E-state index contributed by atoms with van der Waals surface area (Å²) in [5, 5.41) is 3.53. The van der Waals surface area contributed by atoms with Crippen LogP contribution in [0.1, 0.15) is 38.3 Å². The Morgan fingerprint density at radius 1 is 1.50 bits per heavy atom. The van der Waals surface area contributed by atoms with Crippen LogP contribution in [0.3, 0.4) is 0 Å². The average molecular weight is 293 g/mol. The van der Waals surface area contributed by atoms with E-state index in [1.807, 2.05) is 11.8 Å². The lowest BCUT2D eigenvalue weighted by atomic mass is 9.95. The molecule has 0 radical (unpaired) electrons. The van der Waals surface area contributed by atoms with E-state index in [-0.39, 0.29) is 24.0 Å². The Balaban J connectivity index is 2.17. The number of rotatable bonds is 5. The standard InChI is InChI=1S/C16H23NO2S/c1-4-11(2)15(16(18)19-3)17-13-9-10-20-14-8-6-5-7-12(13)14/h5-8,11,13,15,17H,4,9-10H2,1-3H3. The molecule has 0 spiro atoms. The van der Waals surface area contributed by atoms with Gasteiger partial charge in [0.05, 0.1) is 7.11 Å². The highest BCUT2D eigenvalue weighted by atomic mass is 32.2. The van der Waals surface area contributed by atoms with Crippen molar-refractivity contribution in [2.24, 2.45) is 5.92 Å². The predicted molar refractivity (Wildman–Crippen MR) is 82.9 cm³/mol. The van der Waals surface area contributed by atoms with Crippen LogP contribution in [-0.4, -0.2) is 24.9 Å². The molecule has 20 heavy (non-hydrogen) atoms. The number of carbonyl (C=O) groups is 1. The van der Waals surface area contributed by atoms with Gasteiger partial charge >= 0.3 is 5.97 Å². The summed E-state index contributed by atoms with van der Waals surface area (Å²) in [5.41, 5.74) is 1.31. The highest BCUT2D eigenvalue weighted by Crippen LogP contribution is 2.36. The summed E-state index contributed by atoms with van der Waals surface area (Å²) >= 11 is 1.89. The van der Waals surface area contributed by atoms with Crippen LogP contribution in [0.25, 0.3) is 0 Å². The molecule has 0 fully saturated rings. The Kier molecular flexibility index (Phi) is 5.49. The van der Waals surface area contributed by atoms with E-state index in [1.165, 1.54) is 17.6 Å². The Labute approximate surface area is 125 Å². The van der Waals surface area contributed by atoms with Gasteiger partial charge in [0.15, 0.2) is 0 Å². The molecule has 4 heteroatoms. The zero-order chi connectivity index (χ0) is 14.5. The number of hydrogen-bond acceptors (Lipinski definition) is 4. The highest BCUT2D eigenvalue weighted by Gasteiger charge is 2.30. The fraction of sp³-hybridized carbons (Fsp3) is 0.562. The summed E-state index contributed by atoms with van der Waals surface area (Å²) in [7, 11) is 1.46. The second kappa shape index (κ2) is 7.14. The molecule has 110 valence electrons. The molecule has 1 aromatic carbocycles. The lowest BCUT2D eigenvalue weighted by Crippen LogP contribution is -2.45. The Morgan fingerprint density at radius 3 is 2.95 bits per heavy atom. The largest absolute Gasteiger partial charge is 0.468 e. The number of carbonyl (C=O) groups excluding carboxylic acids is 1. The van der Waals surface area contributed by atoms with Gasteiger partial charge < -0.3 is 4.74 Å². The first kappa shape index (κ1) is 15.4. The van der Waals surface area contributed by atoms with Crippen molar-refractivity contribution in [3.8, 4) is 0 Å². The molecule has 3 nitrogen and oxygen atoms in total. The highest BCUT2D eigenvalue weighted by molar-refractivity contribution is 7.99. The molecule has 0 saturated heterocycles. The topological polar surface area (TPSA) is 38.3 Å². The molecule has 1 aliphatic heterocycles. The van der Waals surface area contributed by atoms with Crippen molar-refractivity contribution in [1.29, 1.82) is 0 Å². The molecule has 0 amide bonds. The van der Waals surface area contributed by atoms with Crippen molar-refractivity contribution in [2.45, 2.75) is 43.7 Å². The summed E-state index contributed by atoms with van der Waals surface area (Å²) in [5.74, 6) is 1.20. The normalized spacial score (nSPS) is 20.9. The maximum Gasteiger partial charge on any atom is 0.323 e. The molecular formula is C16H23NO2S. The second-order valence-electron chi connectivity index (χ2n) is 5.28. The number of hydrogen-bond donors (Lipinski definition) is 1. The van der Waals surface area contributed by atoms with E-state index in [1.54, 1.807) is 0 Å². The van der Waals surface area contributed by atoms with E-state index < -0.39 is 0 Å². The van der Waals surface area contributed by atoms with Gasteiger partial charge in [-0.3, -0.25) is 10.1 Å². The predicted octanol–water partition coefficient (Wildman–Crippen LogP) is 3.40. The molecule has 0 aliphatic carbocycles. The zero-order valence-corrected chi connectivity index (χ0v) is 13.2. The van der Waals surface area contributed by atoms with Crippen molar-refractivity contribution < 1.29 is 9.53 Å². The van der Waals surface area contributed by atoms with Gasteiger partial charge in [0.2, 0.25) is 0 Å². The van der Waals surface area contributed by atoms with Crippen LogP contribution in [0.4, 0.5) is 0 Å². The third-order valence-corrected chi connectivity index (χ3v) is 5.13. The van der Waals surface area contributed by atoms with Crippen molar-refractivity contribution in [3.63, 3.8) is 0 Å². The van der Waals surface area contributed by atoms with Gasteiger partial charge in [-0.25, -0.2) is 0 Å². The van der Waals surface area contributed by atoms with Gasteiger partial charge in [0.1, 0.15) is 6.04 Å². The molecular weight excluding hydrogens is 270 g/mol. The molecule has 1 N–H and O–H groups in total. The molecule has 1 heterocycles. The maximum atomic E-state index is 12.0. The van der Waals surface area contributed by atoms with Crippen molar-refractivity contribution in [1.82, 2.24) is 5.32 Å². The molecule has 0 aromatic heterocycles. The third-order valence-electron chi connectivity index (χ3n) is 4.01. The van der Waals surface area contributed by atoms with Crippen LogP contribution < -0.4 is 5.32 Å². The third kappa shape index (κ3) is 3.36. The number of benzene rings is 1. The van der Waals surface area contributed by atoms with Crippen LogP contribution >= 0.6 is 11.8 Å². The van der Waals surface area contributed by atoms with Gasteiger partial charge in [-0.1, -0.05) is 38.5 Å². The van der Waals surface area contributed by atoms with Crippen LogP contribution in [-0.2, 0) is 9.53 Å². The van der Waals surface area contributed by atoms with Crippen molar-refractivity contribution >= 4 is 17.7 Å². The quantitative estimate of drug-likeness (QED) is 0.844. The van der Waals surface area contributed by atoms with Crippen LogP contribution in [0, 0.1) is 5.92 Å². The van der Waals surface area contributed by atoms with Gasteiger partial charge in [-0.15, -0.1) is 11.8 Å². The van der Waals surface area contributed by atoms with Crippen molar-refractivity contribution in [3.05, 3.63) is 29.8 Å². The summed E-state index contributed by atoms with van der Waals surface area (Å²) in [6, 6.07) is 8.46. The van der Waals surface area contributed by atoms with Gasteiger partial charge in [-0.05, 0) is 29.7 Å². The van der Waals surface area contributed by atoms with Crippen LogP contribution in [0.15, 0.2) is 29.2 Å². The van der Waals surface area contributed by atoms with E-state index in [9.17, 15) is 4.79 Å². The number of esters is 1. The van der Waals surface area contributed by atoms with E-state index in [0.717, 1.165) is 18.6 Å². The summed E-state index contributed by atoms with van der Waals surface area (Å²) in [4.78, 5) is 13.3. The number of ether oxygens (including phenoxy) is 1. The summed E-state index contributed by atoms with van der Waals surface area (Å²) in [6.07, 6.45) is 2.00. The fourth-order valence-electron chi connectivity index (χ4n) is 2.56. The molecule has 0 saturated carbocycles. The second-order valence-corrected chi connectivity index (χ2v) is 6.42. The van der Waals surface area contributed by atoms with Gasteiger partial charge in [-0.2, -0.15) is 0 Å². The van der Waals surface area contributed by atoms with Crippen LogP contribution in [0.2, 0.25) is 0 Å². The zero-order valence-electron chi connectivity index (χ0n) is 12.4. The number of fused-ring (bicyclic) bond motifs is 1. The summed E-state index contributed by atoms with van der Waals surface area (Å²) in [6.45, 7) is 4.20. The Hall–Kier alpha value is -1.00. The first-order valence-corrected chi connectivity index (χ1v) is 8.21. The number of nitrogens with one attached hydrogen (secondary N) is 1. The Morgan fingerprint density at radius 2 is 2.25 bits per heavy atom. The molecule has 0 bridgehead atoms. The van der Waals surface area contributed by atoms with E-state index >= 15 is 0 Å². The average Bonchev–Trinajstić information content (AvgIpc) is 2.51. The molecule has 3 atom stereocenters. The minimum Gasteiger partial charge on any atom is -0.468 e. The fourth-order valence-corrected chi connectivity index (χ4v) is 3.68. The molecule has 1 aromatic rings. The van der Waals surface area contributed by atoms with E-state index in [4.69, 9.17) is 4.74 Å². The minimum absolute atomic E-state index is 0.157. The smallest absolute Gasteiger partial charge is 0.323 e. The number of methoxy groups -OCH3 is 1. The maximum absolute atomic E-state index is 12.0. The van der Waals surface area contributed by atoms with Crippen molar-refractivity contribution in [2.75, 3.05) is 12.9 Å². The number of thioether (sulfide) groups is 1. The monoisotopic (exact) mass is 293 g/mol. The lowest BCUT2D eigenvalue weighted by Gasteiger charge is -2.31. The molecule has 2 rings (SSSR count). The van der Waals surface area contributed by atoms with Gasteiger partial charge in [0, 0.05) is 10.9 Å². The first-order valence-electron chi connectivity index (χ1n) is 7.23. The lowest BCUT2D eigenvalue weighted by molar-refractivity contribution is -0.144.